The largest absolute Gasteiger partial charge is 0.444 e. The number of nitrogens with one attached hydrogen (secondary N) is 1. The molecule has 3 aliphatic heterocycles. The van der Waals surface area contributed by atoms with Gasteiger partial charge < -0.3 is 19.9 Å². The highest BCUT2D eigenvalue weighted by molar-refractivity contribution is 6.02. The molecule has 0 spiro atoms. The molecule has 3 heterocycles. The Morgan fingerprint density at radius 1 is 1.19 bits per heavy atom. The van der Waals surface area contributed by atoms with Gasteiger partial charge in [0, 0.05) is 19.1 Å². The maximum Gasteiger partial charge on any atom is 0.408 e. The summed E-state index contributed by atoms with van der Waals surface area (Å²) in [7, 11) is 0. The van der Waals surface area contributed by atoms with Crippen molar-refractivity contribution in [1.82, 2.24) is 15.1 Å². The summed E-state index contributed by atoms with van der Waals surface area (Å²) in [6.07, 6.45) is 1.41. The minimum absolute atomic E-state index is 0.0414. The zero-order valence-electron chi connectivity index (χ0n) is 20.7. The van der Waals surface area contributed by atoms with E-state index in [2.05, 4.69) is 17.5 Å². The van der Waals surface area contributed by atoms with E-state index in [0.717, 1.165) is 6.42 Å². The van der Waals surface area contributed by atoms with Gasteiger partial charge in [-0.3, -0.25) is 14.5 Å². The molecule has 3 amide bonds. The molecule has 3 saturated heterocycles. The number of carbonyl (C=O) groups is 3. The predicted molar refractivity (Wildman–Crippen MR) is 128 cm³/mol. The fourth-order valence-corrected chi connectivity index (χ4v) is 5.90. The standard InChI is InChI=1S/C26H30N6O4/c1-26(2,3)36-25(35)29-19(23(33)31-17(12-28)8-16-9-21(16)31)14-30-13-18-10-22(30)24(34)32(18)20-7-5-4-6-15(20)11-27/h4-7,16-19,21-22H,8-10,13-14H2,1-3H3,(H,29,35)/t16-,17?,18+,19?,21+,22?/m1/s1. The Kier molecular flexibility index (Phi) is 5.88. The highest BCUT2D eigenvalue weighted by Gasteiger charge is 2.56. The van der Waals surface area contributed by atoms with Crippen LogP contribution in [0.3, 0.4) is 0 Å². The van der Waals surface area contributed by atoms with Crippen LogP contribution in [0.1, 0.15) is 45.6 Å². The lowest BCUT2D eigenvalue weighted by atomic mass is 10.1. The first-order valence-corrected chi connectivity index (χ1v) is 12.4. The van der Waals surface area contributed by atoms with Gasteiger partial charge in [-0.05, 0) is 58.1 Å². The Labute approximate surface area is 210 Å². The Balaban J connectivity index is 1.34. The number of piperazine rings is 1. The van der Waals surface area contributed by atoms with Crippen LogP contribution in [0, 0.1) is 28.6 Å². The summed E-state index contributed by atoms with van der Waals surface area (Å²) in [5.41, 5.74) is 0.310. The number of nitriles is 2. The van der Waals surface area contributed by atoms with Gasteiger partial charge in [0.05, 0.1) is 29.4 Å². The number of hydrogen-bond donors (Lipinski definition) is 1. The van der Waals surface area contributed by atoms with E-state index in [0.29, 0.717) is 36.6 Å². The molecule has 0 aromatic heterocycles. The first-order chi connectivity index (χ1) is 17.1. The van der Waals surface area contributed by atoms with Crippen LogP contribution < -0.4 is 10.2 Å². The molecule has 1 saturated carbocycles. The van der Waals surface area contributed by atoms with Crippen LogP contribution in [0.2, 0.25) is 0 Å². The number of nitrogens with zero attached hydrogens (tertiary/aromatic N) is 5. The minimum atomic E-state index is -0.943. The molecule has 36 heavy (non-hydrogen) atoms. The smallest absolute Gasteiger partial charge is 0.408 e. The molecule has 1 aromatic rings. The number of piperidine rings is 1. The molecular formula is C26H30N6O4. The summed E-state index contributed by atoms with van der Waals surface area (Å²) in [6.45, 7) is 5.90. The van der Waals surface area contributed by atoms with Crippen molar-refractivity contribution in [2.75, 3.05) is 18.0 Å². The van der Waals surface area contributed by atoms with Crippen molar-refractivity contribution in [1.29, 1.82) is 10.5 Å². The van der Waals surface area contributed by atoms with Gasteiger partial charge >= 0.3 is 6.09 Å². The number of para-hydroxylation sites is 1. The lowest BCUT2D eigenvalue weighted by Crippen LogP contribution is -2.59. The summed E-state index contributed by atoms with van der Waals surface area (Å²) in [6, 6.07) is 9.45. The van der Waals surface area contributed by atoms with Crippen molar-refractivity contribution in [3.8, 4) is 12.1 Å². The summed E-state index contributed by atoms with van der Waals surface area (Å²) >= 11 is 0. The monoisotopic (exact) mass is 490 g/mol. The number of alkyl carbamates (subject to hydrolysis) is 1. The van der Waals surface area contributed by atoms with Crippen molar-refractivity contribution in [3.05, 3.63) is 29.8 Å². The Hall–Kier alpha value is -3.63. The molecule has 10 nitrogen and oxygen atoms in total. The van der Waals surface area contributed by atoms with Crippen molar-refractivity contribution in [2.45, 2.75) is 75.8 Å². The van der Waals surface area contributed by atoms with Gasteiger partial charge in [0.1, 0.15) is 23.8 Å². The Bertz CT molecular complexity index is 1180. The fraction of sp³-hybridized carbons (Fsp3) is 0.577. The number of hydrogen-bond acceptors (Lipinski definition) is 7. The second kappa shape index (κ2) is 8.79. The van der Waals surface area contributed by atoms with Gasteiger partial charge in [-0.1, -0.05) is 12.1 Å². The molecule has 4 aliphatic rings. The third-order valence-corrected chi connectivity index (χ3v) is 7.47. The van der Waals surface area contributed by atoms with Crippen LogP contribution in [0.25, 0.3) is 0 Å². The molecule has 10 heteroatoms. The molecule has 1 aliphatic carbocycles. The topological polar surface area (TPSA) is 130 Å². The summed E-state index contributed by atoms with van der Waals surface area (Å²) in [4.78, 5) is 44.9. The molecule has 2 bridgehead atoms. The maximum absolute atomic E-state index is 13.6. The van der Waals surface area contributed by atoms with Crippen LogP contribution >= 0.6 is 0 Å². The second-order valence-electron chi connectivity index (χ2n) is 11.1. The second-order valence-corrected chi connectivity index (χ2v) is 11.1. The summed E-state index contributed by atoms with van der Waals surface area (Å²) in [5, 5.41) is 21.8. The van der Waals surface area contributed by atoms with Gasteiger partial charge in [0.2, 0.25) is 11.8 Å². The third kappa shape index (κ3) is 4.27. The number of rotatable bonds is 5. The van der Waals surface area contributed by atoms with Crippen LogP contribution in [0.5, 0.6) is 0 Å². The fourth-order valence-electron chi connectivity index (χ4n) is 5.90. The SMILES string of the molecule is CC(C)(C)OC(=O)NC(CN1C[C@@H]2CC1C(=O)N2c1ccccc1C#N)C(=O)N1C(C#N)C[C@@H]2C[C@@H]21. The predicted octanol–water partition coefficient (Wildman–Crippen LogP) is 1.75. The normalized spacial score (nSPS) is 29.4. The number of fused-ring (bicyclic) bond motifs is 3. The summed E-state index contributed by atoms with van der Waals surface area (Å²) < 4.78 is 5.41. The van der Waals surface area contributed by atoms with Gasteiger partial charge in [-0.25, -0.2) is 4.79 Å². The number of ether oxygens (including phenoxy) is 1. The van der Waals surface area contributed by atoms with E-state index >= 15 is 0 Å². The zero-order valence-corrected chi connectivity index (χ0v) is 20.7. The highest BCUT2D eigenvalue weighted by atomic mass is 16.6. The lowest BCUT2D eigenvalue weighted by Gasteiger charge is -2.37. The highest BCUT2D eigenvalue weighted by Crippen LogP contribution is 2.48. The number of anilines is 1. The number of benzene rings is 1. The van der Waals surface area contributed by atoms with E-state index in [9.17, 15) is 24.9 Å². The van der Waals surface area contributed by atoms with Gasteiger partial charge in [0.25, 0.3) is 0 Å². The zero-order chi connectivity index (χ0) is 25.8. The molecule has 1 aromatic carbocycles. The number of carbonyl (C=O) groups excluding carboxylic acids is 3. The van der Waals surface area contributed by atoms with Crippen molar-refractivity contribution in [2.24, 2.45) is 5.92 Å². The molecular weight excluding hydrogens is 460 g/mol. The average Bonchev–Trinajstić information content (AvgIpc) is 3.15. The molecule has 3 unspecified atom stereocenters. The van der Waals surface area contributed by atoms with E-state index in [-0.39, 0.29) is 30.4 Å². The first-order valence-electron chi connectivity index (χ1n) is 12.4. The van der Waals surface area contributed by atoms with E-state index in [4.69, 9.17) is 4.74 Å². The minimum Gasteiger partial charge on any atom is -0.444 e. The summed E-state index contributed by atoms with van der Waals surface area (Å²) in [5.74, 6) is -0.0750. The van der Waals surface area contributed by atoms with Crippen molar-refractivity contribution < 1.29 is 19.1 Å². The number of amides is 3. The first kappa shape index (κ1) is 24.1. The van der Waals surface area contributed by atoms with Gasteiger partial charge in [-0.15, -0.1) is 0 Å². The molecule has 4 fully saturated rings. The van der Waals surface area contributed by atoms with Gasteiger partial charge in [0.15, 0.2) is 0 Å². The Morgan fingerprint density at radius 3 is 2.61 bits per heavy atom. The molecule has 1 N–H and O–H groups in total. The van der Waals surface area contributed by atoms with Crippen molar-refractivity contribution >= 4 is 23.6 Å². The quantitative estimate of drug-likeness (QED) is 0.666. The van der Waals surface area contributed by atoms with Crippen LogP contribution in [-0.4, -0.2) is 76.6 Å². The molecule has 188 valence electrons. The van der Waals surface area contributed by atoms with E-state index in [1.54, 1.807) is 54.8 Å². The molecule has 0 radical (unpaired) electrons. The molecule has 6 atom stereocenters. The van der Waals surface area contributed by atoms with Crippen LogP contribution in [0.4, 0.5) is 10.5 Å². The van der Waals surface area contributed by atoms with E-state index < -0.39 is 29.8 Å². The molecule has 5 rings (SSSR count). The lowest BCUT2D eigenvalue weighted by molar-refractivity contribution is -0.136. The van der Waals surface area contributed by atoms with Crippen LogP contribution in [-0.2, 0) is 14.3 Å². The number of likely N-dealkylation sites (tertiary alicyclic amines) is 2. The maximum atomic E-state index is 13.6. The van der Waals surface area contributed by atoms with Gasteiger partial charge in [-0.2, -0.15) is 10.5 Å². The van der Waals surface area contributed by atoms with Crippen LogP contribution in [0.15, 0.2) is 24.3 Å². The third-order valence-electron chi connectivity index (χ3n) is 7.47. The van der Waals surface area contributed by atoms with Crippen molar-refractivity contribution in [3.63, 3.8) is 0 Å². The average molecular weight is 491 g/mol. The van der Waals surface area contributed by atoms with E-state index in [1.807, 2.05) is 4.90 Å². The Morgan fingerprint density at radius 2 is 1.94 bits per heavy atom. The van der Waals surface area contributed by atoms with E-state index in [1.165, 1.54) is 0 Å².